The van der Waals surface area contributed by atoms with E-state index in [4.69, 9.17) is 0 Å². The van der Waals surface area contributed by atoms with Crippen molar-refractivity contribution in [3.63, 3.8) is 0 Å². The summed E-state index contributed by atoms with van der Waals surface area (Å²) in [6.45, 7) is -0.493. The molecule has 1 fully saturated rings. The number of amides is 2. The summed E-state index contributed by atoms with van der Waals surface area (Å²) in [6, 6.07) is 28.9. The van der Waals surface area contributed by atoms with Gasteiger partial charge in [-0.05, 0) is 72.5 Å². The van der Waals surface area contributed by atoms with Crippen LogP contribution in [0.15, 0.2) is 119 Å². The van der Waals surface area contributed by atoms with Crippen LogP contribution in [0.2, 0.25) is 0 Å². The normalized spacial score (nSPS) is 14.3. The van der Waals surface area contributed by atoms with Crippen molar-refractivity contribution < 1.29 is 22.4 Å². The van der Waals surface area contributed by atoms with Gasteiger partial charge in [-0.2, -0.15) is 0 Å². The molecule has 10 heteroatoms. The lowest BCUT2D eigenvalue weighted by Gasteiger charge is -2.35. The molecule has 7 nitrogen and oxygen atoms in total. The molecule has 240 valence electrons. The molecule has 0 bridgehead atoms. The zero-order valence-electron chi connectivity index (χ0n) is 25.4. The number of nitrogens with one attached hydrogen (secondary N) is 1. The standard InChI is InChI=1S/C36H37BrFN3O4S/c37-29-14-10-13-28(23-29)25-40(34(24-27-11-4-1-5-12-27)36(43)39-31-15-6-2-7-16-31)35(42)26-41(32-17-8-3-9-18-32)46(44,45)33-21-19-30(38)20-22-33/h1,3-5,8-14,17-23,31,34H,2,6-7,15-16,24-26H2,(H,39,43). The third-order valence-electron chi connectivity index (χ3n) is 8.19. The number of para-hydroxylation sites is 1. The lowest BCUT2D eigenvalue weighted by Crippen LogP contribution is -2.55. The van der Waals surface area contributed by atoms with Crippen molar-refractivity contribution >= 4 is 43.5 Å². The monoisotopic (exact) mass is 705 g/mol. The number of carbonyl (C=O) groups excluding carboxylic acids is 2. The maximum Gasteiger partial charge on any atom is 0.264 e. The molecule has 46 heavy (non-hydrogen) atoms. The highest BCUT2D eigenvalue weighted by atomic mass is 79.9. The highest BCUT2D eigenvalue weighted by Crippen LogP contribution is 2.26. The fourth-order valence-corrected chi connectivity index (χ4v) is 7.65. The number of sulfonamides is 1. The molecule has 1 aliphatic rings. The van der Waals surface area contributed by atoms with Crippen LogP contribution in [0.25, 0.3) is 0 Å². The van der Waals surface area contributed by atoms with Gasteiger partial charge in [-0.1, -0.05) is 95.9 Å². The predicted molar refractivity (Wildman–Crippen MR) is 181 cm³/mol. The van der Waals surface area contributed by atoms with E-state index in [2.05, 4.69) is 21.2 Å². The minimum atomic E-state index is -4.30. The molecular formula is C36H37BrFN3O4S. The first kappa shape index (κ1) is 33.3. The molecule has 0 radical (unpaired) electrons. The van der Waals surface area contributed by atoms with Crippen LogP contribution in [0, 0.1) is 5.82 Å². The summed E-state index contributed by atoms with van der Waals surface area (Å²) in [6.07, 6.45) is 5.19. The molecular weight excluding hydrogens is 669 g/mol. The smallest absolute Gasteiger partial charge is 0.264 e. The molecule has 1 N–H and O–H groups in total. The Kier molecular flexibility index (Phi) is 11.2. The van der Waals surface area contributed by atoms with Crippen LogP contribution in [0.1, 0.15) is 43.2 Å². The van der Waals surface area contributed by atoms with E-state index in [1.165, 1.54) is 17.0 Å². The minimum Gasteiger partial charge on any atom is -0.352 e. The fraction of sp³-hybridized carbons (Fsp3) is 0.278. The Labute approximate surface area is 278 Å². The highest BCUT2D eigenvalue weighted by Gasteiger charge is 2.35. The molecule has 1 unspecified atom stereocenters. The number of halogens is 2. The number of carbonyl (C=O) groups is 2. The van der Waals surface area contributed by atoms with Gasteiger partial charge in [-0.25, -0.2) is 12.8 Å². The molecule has 0 aromatic heterocycles. The van der Waals surface area contributed by atoms with Gasteiger partial charge in [-0.15, -0.1) is 0 Å². The third kappa shape index (κ3) is 8.61. The largest absolute Gasteiger partial charge is 0.352 e. The Morgan fingerprint density at radius 3 is 2.11 bits per heavy atom. The summed E-state index contributed by atoms with van der Waals surface area (Å²) in [4.78, 5) is 30.0. The lowest BCUT2D eigenvalue weighted by atomic mass is 9.94. The van der Waals surface area contributed by atoms with Crippen LogP contribution in [0.4, 0.5) is 10.1 Å². The second-order valence-electron chi connectivity index (χ2n) is 11.5. The first-order chi connectivity index (χ1) is 22.2. The maximum absolute atomic E-state index is 14.5. The fourth-order valence-electron chi connectivity index (χ4n) is 5.79. The van der Waals surface area contributed by atoms with E-state index in [0.29, 0.717) is 0 Å². The van der Waals surface area contributed by atoms with Gasteiger partial charge < -0.3 is 10.2 Å². The van der Waals surface area contributed by atoms with Gasteiger partial charge in [-0.3, -0.25) is 13.9 Å². The molecule has 0 saturated heterocycles. The molecule has 0 spiro atoms. The second kappa shape index (κ2) is 15.5. The quantitative estimate of drug-likeness (QED) is 0.174. The van der Waals surface area contributed by atoms with Crippen LogP contribution in [0.3, 0.4) is 0 Å². The summed E-state index contributed by atoms with van der Waals surface area (Å²) in [7, 11) is -4.30. The Bertz CT molecular complexity index is 1720. The molecule has 0 heterocycles. The van der Waals surface area contributed by atoms with Crippen LogP contribution < -0.4 is 9.62 Å². The van der Waals surface area contributed by atoms with E-state index in [9.17, 15) is 22.4 Å². The summed E-state index contributed by atoms with van der Waals surface area (Å²) in [5.74, 6) is -1.39. The molecule has 2 amide bonds. The Morgan fingerprint density at radius 2 is 1.46 bits per heavy atom. The molecule has 4 aromatic carbocycles. The third-order valence-corrected chi connectivity index (χ3v) is 10.5. The van der Waals surface area contributed by atoms with Gasteiger partial charge in [0.25, 0.3) is 10.0 Å². The van der Waals surface area contributed by atoms with Crippen molar-refractivity contribution in [2.24, 2.45) is 0 Å². The number of rotatable bonds is 12. The van der Waals surface area contributed by atoms with Gasteiger partial charge in [0.1, 0.15) is 18.4 Å². The van der Waals surface area contributed by atoms with Crippen molar-refractivity contribution in [2.45, 2.75) is 62.0 Å². The number of anilines is 1. The Morgan fingerprint density at radius 1 is 0.826 bits per heavy atom. The molecule has 5 rings (SSSR count). The van der Waals surface area contributed by atoms with E-state index < -0.39 is 34.3 Å². The van der Waals surface area contributed by atoms with E-state index in [1.807, 2.05) is 54.6 Å². The summed E-state index contributed by atoms with van der Waals surface area (Å²) in [5, 5.41) is 3.21. The van der Waals surface area contributed by atoms with E-state index in [1.54, 1.807) is 30.3 Å². The van der Waals surface area contributed by atoms with E-state index >= 15 is 0 Å². The van der Waals surface area contributed by atoms with Crippen molar-refractivity contribution in [3.8, 4) is 0 Å². The maximum atomic E-state index is 14.5. The Hall–Kier alpha value is -4.02. The second-order valence-corrected chi connectivity index (χ2v) is 14.3. The molecule has 1 atom stereocenters. The predicted octanol–water partition coefficient (Wildman–Crippen LogP) is 6.87. The topological polar surface area (TPSA) is 86.8 Å². The van der Waals surface area contributed by atoms with Crippen molar-refractivity contribution in [1.82, 2.24) is 10.2 Å². The first-order valence-electron chi connectivity index (χ1n) is 15.4. The number of hydrogen-bond acceptors (Lipinski definition) is 4. The van der Waals surface area contributed by atoms with E-state index in [0.717, 1.165) is 64.1 Å². The van der Waals surface area contributed by atoms with E-state index in [-0.39, 0.29) is 35.5 Å². The van der Waals surface area contributed by atoms with Crippen LogP contribution in [0.5, 0.6) is 0 Å². The minimum absolute atomic E-state index is 0.0158. The summed E-state index contributed by atoms with van der Waals surface area (Å²) >= 11 is 3.51. The highest BCUT2D eigenvalue weighted by molar-refractivity contribution is 9.10. The zero-order chi connectivity index (χ0) is 32.5. The molecule has 1 aliphatic carbocycles. The molecule has 0 aliphatic heterocycles. The summed E-state index contributed by atoms with van der Waals surface area (Å²) < 4.78 is 43.6. The van der Waals surface area contributed by atoms with Crippen molar-refractivity contribution in [1.29, 1.82) is 0 Å². The van der Waals surface area contributed by atoms with Gasteiger partial charge in [0.15, 0.2) is 0 Å². The first-order valence-corrected chi connectivity index (χ1v) is 17.7. The van der Waals surface area contributed by atoms with Gasteiger partial charge in [0, 0.05) is 23.5 Å². The van der Waals surface area contributed by atoms with Gasteiger partial charge in [0.2, 0.25) is 11.8 Å². The van der Waals surface area contributed by atoms with Crippen LogP contribution >= 0.6 is 15.9 Å². The summed E-state index contributed by atoms with van der Waals surface area (Å²) in [5.41, 5.74) is 1.92. The van der Waals surface area contributed by atoms with Gasteiger partial charge >= 0.3 is 0 Å². The average Bonchev–Trinajstić information content (AvgIpc) is 3.06. The Balaban J connectivity index is 1.55. The average molecular weight is 707 g/mol. The van der Waals surface area contributed by atoms with Crippen molar-refractivity contribution in [3.05, 3.63) is 131 Å². The number of benzene rings is 4. The van der Waals surface area contributed by atoms with Gasteiger partial charge in [0.05, 0.1) is 10.6 Å². The van der Waals surface area contributed by atoms with Crippen LogP contribution in [-0.2, 0) is 32.6 Å². The van der Waals surface area contributed by atoms with Crippen molar-refractivity contribution in [2.75, 3.05) is 10.8 Å². The number of nitrogens with zero attached hydrogens (tertiary/aromatic N) is 2. The SMILES string of the molecule is O=C(NC1CCCCC1)C(Cc1ccccc1)N(Cc1cccc(Br)c1)C(=O)CN(c1ccccc1)S(=O)(=O)c1ccc(F)cc1. The zero-order valence-corrected chi connectivity index (χ0v) is 27.8. The molecule has 4 aromatic rings. The lowest BCUT2D eigenvalue weighted by molar-refractivity contribution is -0.140. The number of hydrogen-bond donors (Lipinski definition) is 1. The van der Waals surface area contributed by atoms with Crippen LogP contribution in [-0.4, -0.2) is 43.8 Å². The molecule has 1 saturated carbocycles.